The number of pyridine rings is 6. The Labute approximate surface area is 497 Å². The molecule has 86 heavy (non-hydrogen) atoms. The zero-order valence-electron chi connectivity index (χ0n) is 46.8. The molecule has 16 rings (SSSR count). The van der Waals surface area contributed by atoms with Gasteiger partial charge in [-0.1, -0.05) is 158 Å². The van der Waals surface area contributed by atoms with Gasteiger partial charge in [0, 0.05) is 69.5 Å². The van der Waals surface area contributed by atoms with E-state index >= 15 is 0 Å². The third-order valence-corrected chi connectivity index (χ3v) is 17.1. The first-order valence-corrected chi connectivity index (χ1v) is 29.2. The van der Waals surface area contributed by atoms with Crippen LogP contribution < -0.4 is 0 Å². The van der Waals surface area contributed by atoms with Gasteiger partial charge < -0.3 is 0 Å². The van der Waals surface area contributed by atoms with Crippen molar-refractivity contribution < 1.29 is 0 Å². The van der Waals surface area contributed by atoms with Gasteiger partial charge in [-0.2, -0.15) is 0 Å². The summed E-state index contributed by atoms with van der Waals surface area (Å²) in [6, 6.07) is 92.2. The lowest BCUT2D eigenvalue weighted by atomic mass is 9.83. The molecule has 0 unspecified atom stereocenters. The van der Waals surface area contributed by atoms with Crippen LogP contribution >= 0.6 is 0 Å². The molecule has 0 aliphatic rings. The first-order valence-electron chi connectivity index (χ1n) is 29.2. The first kappa shape index (κ1) is 50.4. The van der Waals surface area contributed by atoms with Crippen LogP contribution in [-0.4, -0.2) is 29.9 Å². The molecule has 6 aromatic heterocycles. The van der Waals surface area contributed by atoms with Crippen LogP contribution in [0.2, 0.25) is 0 Å². The molecule has 16 aromatic rings. The molecule has 0 spiro atoms. The van der Waals surface area contributed by atoms with Gasteiger partial charge in [0.2, 0.25) is 0 Å². The number of nitrogens with zero attached hydrogens (tertiary/aromatic N) is 6. The average molecular weight is 1100 g/mol. The van der Waals surface area contributed by atoms with Crippen molar-refractivity contribution in [3.63, 3.8) is 0 Å². The fourth-order valence-electron chi connectivity index (χ4n) is 13.0. The van der Waals surface area contributed by atoms with Crippen LogP contribution in [0.4, 0.5) is 0 Å². The number of para-hydroxylation sites is 6. The molecule has 0 atom stereocenters. The molecule has 0 bridgehead atoms. The average Bonchev–Trinajstić information content (AvgIpc) is 1.80. The van der Waals surface area contributed by atoms with Crippen LogP contribution in [0.15, 0.2) is 292 Å². The van der Waals surface area contributed by atoms with Gasteiger partial charge >= 0.3 is 0 Å². The third-order valence-electron chi connectivity index (χ3n) is 17.1. The van der Waals surface area contributed by atoms with Gasteiger partial charge in [0.25, 0.3) is 0 Å². The van der Waals surface area contributed by atoms with Crippen LogP contribution in [0.1, 0.15) is 22.3 Å². The Balaban J connectivity index is 0.985. The van der Waals surface area contributed by atoms with Crippen molar-refractivity contribution in [3.8, 4) is 77.9 Å². The second-order valence-electron chi connectivity index (χ2n) is 22.1. The summed E-state index contributed by atoms with van der Waals surface area (Å²) in [5.74, 6) is 0. The highest BCUT2D eigenvalue weighted by molar-refractivity contribution is 6.06. The lowest BCUT2D eigenvalue weighted by Crippen LogP contribution is -1.97. The van der Waals surface area contributed by atoms with Crippen LogP contribution in [0, 0.1) is 0 Å². The lowest BCUT2D eigenvalue weighted by Gasteiger charge is -2.21. The van der Waals surface area contributed by atoms with E-state index in [2.05, 4.69) is 255 Å². The van der Waals surface area contributed by atoms with Gasteiger partial charge in [-0.05, 0) is 210 Å². The summed E-state index contributed by atoms with van der Waals surface area (Å²) >= 11 is 0. The monoisotopic (exact) mass is 1100 g/mol. The van der Waals surface area contributed by atoms with Crippen molar-refractivity contribution in [1.82, 2.24) is 29.9 Å². The van der Waals surface area contributed by atoms with Crippen molar-refractivity contribution in [1.29, 1.82) is 0 Å². The Kier molecular flexibility index (Phi) is 12.6. The minimum absolute atomic E-state index is 0.731. The Hall–Kier alpha value is -11.3. The molecular formula is C80H52N6. The molecule has 0 radical (unpaired) electrons. The summed E-state index contributed by atoms with van der Waals surface area (Å²) in [7, 11) is 0. The van der Waals surface area contributed by atoms with Gasteiger partial charge in [-0.3, -0.25) is 29.9 Å². The molecule has 10 aromatic carbocycles. The molecule has 402 valence electrons. The number of rotatable bonds is 11. The van der Waals surface area contributed by atoms with Crippen molar-refractivity contribution in [3.05, 3.63) is 314 Å². The van der Waals surface area contributed by atoms with Crippen molar-refractivity contribution >= 4 is 65.4 Å². The highest BCUT2D eigenvalue weighted by Crippen LogP contribution is 2.47. The largest absolute Gasteiger partial charge is 0.256 e. The Morgan fingerprint density at radius 2 is 0.500 bits per heavy atom. The molecule has 6 nitrogen and oxygen atoms in total. The Morgan fingerprint density at radius 1 is 0.186 bits per heavy atom. The maximum Gasteiger partial charge on any atom is 0.0708 e. The molecule has 0 saturated carbocycles. The predicted molar refractivity (Wildman–Crippen MR) is 355 cm³/mol. The Morgan fingerprint density at radius 3 is 0.919 bits per heavy atom. The molecule has 0 saturated heterocycles. The molecule has 0 fully saturated rings. The topological polar surface area (TPSA) is 77.3 Å². The van der Waals surface area contributed by atoms with Gasteiger partial charge in [-0.25, -0.2) is 0 Å². The van der Waals surface area contributed by atoms with E-state index in [4.69, 9.17) is 29.9 Å². The summed E-state index contributed by atoms with van der Waals surface area (Å²) in [4.78, 5) is 28.9. The molecule has 0 aliphatic carbocycles. The van der Waals surface area contributed by atoms with Crippen LogP contribution in [-0.2, 0) is 12.8 Å². The molecular weight excluding hydrogens is 1040 g/mol. The van der Waals surface area contributed by atoms with Gasteiger partial charge in [0.05, 0.1) is 33.1 Å². The van der Waals surface area contributed by atoms with E-state index < -0.39 is 0 Å². The molecule has 0 N–H and O–H groups in total. The van der Waals surface area contributed by atoms with Crippen LogP contribution in [0.25, 0.3) is 143 Å². The number of benzene rings is 10. The van der Waals surface area contributed by atoms with E-state index in [0.29, 0.717) is 0 Å². The van der Waals surface area contributed by atoms with Crippen LogP contribution in [0.3, 0.4) is 0 Å². The quantitative estimate of drug-likeness (QED) is 0.128. The number of fused-ring (bicyclic) bond motifs is 6. The van der Waals surface area contributed by atoms with Crippen molar-refractivity contribution in [2.45, 2.75) is 12.8 Å². The van der Waals surface area contributed by atoms with Crippen LogP contribution in [0.5, 0.6) is 0 Å². The third kappa shape index (κ3) is 9.18. The molecule has 0 amide bonds. The molecule has 6 heterocycles. The normalized spacial score (nSPS) is 11.6. The second kappa shape index (κ2) is 21.4. The highest BCUT2D eigenvalue weighted by atomic mass is 14.7. The predicted octanol–water partition coefficient (Wildman–Crippen LogP) is 19.8. The van der Waals surface area contributed by atoms with Crippen molar-refractivity contribution in [2.24, 2.45) is 0 Å². The zero-order valence-corrected chi connectivity index (χ0v) is 46.8. The first-order chi connectivity index (χ1) is 42.6. The van der Waals surface area contributed by atoms with Gasteiger partial charge in [0.1, 0.15) is 0 Å². The number of aromatic nitrogens is 6. The van der Waals surface area contributed by atoms with E-state index in [-0.39, 0.29) is 0 Å². The molecule has 6 heteroatoms. The summed E-state index contributed by atoms with van der Waals surface area (Å²) in [6.07, 6.45) is 13.1. The maximum absolute atomic E-state index is 4.90. The van der Waals surface area contributed by atoms with E-state index in [1.54, 1.807) is 0 Å². The minimum Gasteiger partial charge on any atom is -0.256 e. The summed E-state index contributed by atoms with van der Waals surface area (Å²) < 4.78 is 0. The van der Waals surface area contributed by atoms with E-state index in [1.807, 2.05) is 37.2 Å². The Bertz CT molecular complexity index is 5080. The van der Waals surface area contributed by atoms with E-state index in [1.165, 1.54) is 22.3 Å². The number of hydrogen-bond acceptors (Lipinski definition) is 6. The standard InChI is InChI=1S/C80H52N6/c1-7-19-75-62(13-1)54(31-37-81-75)43-51-25-28-59(73(45-51)66-35-41-85-79-23-11-5-17-70(66)79)56-47-57(60-29-26-52(44-55-32-38-82-76-20-8-2-14-63(55)76)46-74(60)67-36-42-86-80-24-12-6-18-71(67)80)49-58(48-56)72-50-53(61-33-39-83-77-21-9-3-15-68(61)77)27-30-64(72)65-34-40-84-78-22-10-4-16-69(65)78/h1-42,45-50H,43-44H2. The SMILES string of the molecule is c1ccc2c(Cc3ccc(-c4cc(-c5cc(-c6ccnc7ccccc67)ccc5-c5ccnc6ccccc56)cc(-c5ccc(Cc6ccnc7ccccc67)cc5-c5ccnc6ccccc56)c4)c(-c4ccnc5ccccc45)c3)ccnc2c1. The van der Waals surface area contributed by atoms with Gasteiger partial charge in [-0.15, -0.1) is 0 Å². The summed E-state index contributed by atoms with van der Waals surface area (Å²) in [5.41, 5.74) is 26.1. The summed E-state index contributed by atoms with van der Waals surface area (Å²) in [5, 5.41) is 6.68. The zero-order chi connectivity index (χ0) is 56.9. The lowest BCUT2D eigenvalue weighted by molar-refractivity contribution is 1.20. The summed E-state index contributed by atoms with van der Waals surface area (Å²) in [6.45, 7) is 0. The number of hydrogen-bond donors (Lipinski definition) is 0. The van der Waals surface area contributed by atoms with Crippen molar-refractivity contribution in [2.75, 3.05) is 0 Å². The van der Waals surface area contributed by atoms with E-state index in [9.17, 15) is 0 Å². The fourth-order valence-corrected chi connectivity index (χ4v) is 13.0. The van der Waals surface area contributed by atoms with E-state index in [0.717, 1.165) is 156 Å². The fraction of sp³-hybridized carbons (Fsp3) is 0.0250. The maximum atomic E-state index is 4.90. The minimum atomic E-state index is 0.731. The van der Waals surface area contributed by atoms with Gasteiger partial charge in [0.15, 0.2) is 0 Å². The smallest absolute Gasteiger partial charge is 0.0708 e. The second-order valence-corrected chi connectivity index (χ2v) is 22.1. The molecule has 0 aliphatic heterocycles. The highest BCUT2D eigenvalue weighted by Gasteiger charge is 2.22.